The molecule has 4 rings (SSSR count). The molecule has 1 aliphatic rings. The number of thioether (sulfide) groups is 1. The van der Waals surface area contributed by atoms with Crippen molar-refractivity contribution in [1.82, 2.24) is 9.88 Å². The number of rotatable bonds is 7. The standard InChI is InChI=1S/C23H18ClN5O4S/c24-18-10-9-17(29(32)33)12-19(18)27-21(30)13-20-22(31)28(14-16-8-4-5-11-25-16)23(34-20)26-15-6-2-1-3-7-15/h1-12,20H,13-14H2,(H,27,30). The van der Waals surface area contributed by atoms with Crippen molar-refractivity contribution in [2.75, 3.05) is 5.32 Å². The smallest absolute Gasteiger partial charge is 0.271 e. The lowest BCUT2D eigenvalue weighted by atomic mass is 10.2. The SMILES string of the molecule is O=C(CC1SC(=Nc2ccccc2)N(Cc2ccccn2)C1=O)Nc1cc([N+](=O)[O-])ccc1Cl. The van der Waals surface area contributed by atoms with Crippen molar-refractivity contribution in [2.45, 2.75) is 18.2 Å². The summed E-state index contributed by atoms with van der Waals surface area (Å²) < 4.78 is 0. The number of amides is 2. The fourth-order valence-electron chi connectivity index (χ4n) is 3.23. The Morgan fingerprint density at radius 3 is 2.65 bits per heavy atom. The number of para-hydroxylation sites is 1. The number of aromatic nitrogens is 1. The van der Waals surface area contributed by atoms with Crippen molar-refractivity contribution >= 4 is 57.4 Å². The van der Waals surface area contributed by atoms with Crippen molar-refractivity contribution < 1.29 is 14.5 Å². The number of hydrogen-bond donors (Lipinski definition) is 1. The second kappa shape index (κ2) is 10.4. The van der Waals surface area contributed by atoms with E-state index < -0.39 is 16.1 Å². The number of anilines is 1. The summed E-state index contributed by atoms with van der Waals surface area (Å²) in [5.74, 6) is -0.766. The highest BCUT2D eigenvalue weighted by Gasteiger charge is 2.39. The van der Waals surface area contributed by atoms with Gasteiger partial charge < -0.3 is 5.32 Å². The van der Waals surface area contributed by atoms with Crippen LogP contribution in [-0.2, 0) is 16.1 Å². The molecule has 0 aliphatic carbocycles. The Kier molecular flexibility index (Phi) is 7.19. The number of nitrogens with zero attached hydrogens (tertiary/aromatic N) is 4. The number of halogens is 1. The predicted molar refractivity (Wildman–Crippen MR) is 131 cm³/mol. The summed E-state index contributed by atoms with van der Waals surface area (Å²) in [5.41, 5.74) is 1.27. The molecule has 2 aromatic carbocycles. The number of hydrogen-bond acceptors (Lipinski definition) is 7. The largest absolute Gasteiger partial charge is 0.325 e. The quantitative estimate of drug-likeness (QED) is 0.371. The van der Waals surface area contributed by atoms with E-state index in [4.69, 9.17) is 11.6 Å². The molecule has 9 nitrogen and oxygen atoms in total. The number of carbonyl (C=O) groups is 2. The maximum Gasteiger partial charge on any atom is 0.271 e. The Morgan fingerprint density at radius 1 is 1.18 bits per heavy atom. The van der Waals surface area contributed by atoms with Crippen LogP contribution in [0.2, 0.25) is 5.02 Å². The summed E-state index contributed by atoms with van der Waals surface area (Å²) in [7, 11) is 0. The molecule has 0 saturated carbocycles. The van der Waals surface area contributed by atoms with E-state index in [1.165, 1.54) is 34.9 Å². The number of nitrogens with one attached hydrogen (secondary N) is 1. The van der Waals surface area contributed by atoms with Crippen LogP contribution in [0, 0.1) is 10.1 Å². The maximum atomic E-state index is 13.2. The van der Waals surface area contributed by atoms with Gasteiger partial charge in [-0.1, -0.05) is 47.6 Å². The number of carbonyl (C=O) groups excluding carboxylic acids is 2. The van der Waals surface area contributed by atoms with E-state index >= 15 is 0 Å². The van der Waals surface area contributed by atoms with Gasteiger partial charge in [-0.05, 0) is 30.3 Å². The molecule has 1 fully saturated rings. The van der Waals surface area contributed by atoms with Gasteiger partial charge in [0, 0.05) is 24.8 Å². The van der Waals surface area contributed by atoms with Crippen LogP contribution < -0.4 is 5.32 Å². The number of aliphatic imine (C=N–C) groups is 1. The highest BCUT2D eigenvalue weighted by molar-refractivity contribution is 8.15. The predicted octanol–water partition coefficient (Wildman–Crippen LogP) is 4.80. The summed E-state index contributed by atoms with van der Waals surface area (Å²) in [5, 5.41) is 13.5. The van der Waals surface area contributed by atoms with Gasteiger partial charge in [-0.15, -0.1) is 0 Å². The lowest BCUT2D eigenvalue weighted by Crippen LogP contribution is -2.33. The first-order chi connectivity index (χ1) is 16.4. The number of pyridine rings is 1. The molecule has 1 atom stereocenters. The van der Waals surface area contributed by atoms with Gasteiger partial charge in [0.15, 0.2) is 5.17 Å². The van der Waals surface area contributed by atoms with Gasteiger partial charge in [-0.2, -0.15) is 0 Å². The van der Waals surface area contributed by atoms with Gasteiger partial charge in [0.2, 0.25) is 11.8 Å². The minimum Gasteiger partial charge on any atom is -0.325 e. The molecule has 2 heterocycles. The van der Waals surface area contributed by atoms with Crippen LogP contribution in [-0.4, -0.2) is 37.0 Å². The Labute approximate surface area is 204 Å². The molecule has 0 radical (unpaired) electrons. The van der Waals surface area contributed by atoms with Gasteiger partial charge in [0.25, 0.3) is 5.69 Å². The molecule has 2 amide bonds. The second-order valence-electron chi connectivity index (χ2n) is 7.26. The van der Waals surface area contributed by atoms with E-state index in [-0.39, 0.29) is 35.3 Å². The minimum atomic E-state index is -0.719. The molecule has 3 aromatic rings. The van der Waals surface area contributed by atoms with Crippen LogP contribution >= 0.6 is 23.4 Å². The molecule has 0 spiro atoms. The van der Waals surface area contributed by atoms with Crippen molar-refractivity contribution in [3.05, 3.63) is 93.8 Å². The number of benzene rings is 2. The van der Waals surface area contributed by atoms with Crippen LogP contribution in [0.5, 0.6) is 0 Å². The van der Waals surface area contributed by atoms with Crippen molar-refractivity contribution in [3.8, 4) is 0 Å². The Bertz CT molecular complexity index is 1260. The summed E-state index contributed by atoms with van der Waals surface area (Å²) in [6.45, 7) is 0.215. The lowest BCUT2D eigenvalue weighted by Gasteiger charge is -2.16. The van der Waals surface area contributed by atoms with Crippen LogP contribution in [0.3, 0.4) is 0 Å². The first-order valence-electron chi connectivity index (χ1n) is 10.2. The van der Waals surface area contributed by atoms with E-state index in [9.17, 15) is 19.7 Å². The molecular formula is C23H18ClN5O4S. The molecule has 1 aromatic heterocycles. The first-order valence-corrected chi connectivity index (χ1v) is 11.4. The second-order valence-corrected chi connectivity index (χ2v) is 8.83. The number of non-ortho nitro benzene ring substituents is 1. The van der Waals surface area contributed by atoms with Crippen molar-refractivity contribution in [2.24, 2.45) is 4.99 Å². The summed E-state index contributed by atoms with van der Waals surface area (Å²) in [4.78, 5) is 46.8. The van der Waals surface area contributed by atoms with Crippen LogP contribution in [0.25, 0.3) is 0 Å². The fourth-order valence-corrected chi connectivity index (χ4v) is 4.55. The zero-order valence-corrected chi connectivity index (χ0v) is 19.2. The third kappa shape index (κ3) is 5.59. The zero-order valence-electron chi connectivity index (χ0n) is 17.6. The van der Waals surface area contributed by atoms with Gasteiger partial charge in [0.05, 0.1) is 33.6 Å². The molecular weight excluding hydrogens is 478 g/mol. The van der Waals surface area contributed by atoms with E-state index in [2.05, 4.69) is 15.3 Å². The first kappa shape index (κ1) is 23.4. The highest BCUT2D eigenvalue weighted by Crippen LogP contribution is 2.33. The summed E-state index contributed by atoms with van der Waals surface area (Å²) >= 11 is 7.26. The zero-order chi connectivity index (χ0) is 24.1. The Balaban J connectivity index is 1.53. The minimum absolute atomic E-state index is 0.111. The topological polar surface area (TPSA) is 118 Å². The average Bonchev–Trinajstić information content (AvgIpc) is 3.10. The number of amidine groups is 1. The van der Waals surface area contributed by atoms with Crippen molar-refractivity contribution in [1.29, 1.82) is 0 Å². The van der Waals surface area contributed by atoms with E-state index in [1.807, 2.05) is 42.5 Å². The van der Waals surface area contributed by atoms with Gasteiger partial charge in [-0.25, -0.2) is 4.99 Å². The average molecular weight is 496 g/mol. The normalized spacial score (nSPS) is 16.6. The highest BCUT2D eigenvalue weighted by atomic mass is 35.5. The third-order valence-electron chi connectivity index (χ3n) is 4.85. The molecule has 172 valence electrons. The Hall–Kier alpha value is -3.76. The summed E-state index contributed by atoms with van der Waals surface area (Å²) in [6.07, 6.45) is 1.49. The lowest BCUT2D eigenvalue weighted by molar-refractivity contribution is -0.384. The summed E-state index contributed by atoms with van der Waals surface area (Å²) in [6, 6.07) is 18.4. The maximum absolute atomic E-state index is 13.2. The molecule has 1 unspecified atom stereocenters. The van der Waals surface area contributed by atoms with E-state index in [0.29, 0.717) is 16.5 Å². The van der Waals surface area contributed by atoms with E-state index in [1.54, 1.807) is 12.3 Å². The molecule has 34 heavy (non-hydrogen) atoms. The van der Waals surface area contributed by atoms with Crippen LogP contribution in [0.1, 0.15) is 12.1 Å². The van der Waals surface area contributed by atoms with Crippen LogP contribution in [0.4, 0.5) is 17.1 Å². The third-order valence-corrected chi connectivity index (χ3v) is 6.36. The van der Waals surface area contributed by atoms with Gasteiger partial charge in [-0.3, -0.25) is 29.6 Å². The van der Waals surface area contributed by atoms with Gasteiger partial charge >= 0.3 is 0 Å². The monoisotopic (exact) mass is 495 g/mol. The fraction of sp³-hybridized carbons (Fsp3) is 0.130. The molecule has 1 N–H and O–H groups in total. The Morgan fingerprint density at radius 2 is 1.94 bits per heavy atom. The number of nitro groups is 1. The molecule has 0 bridgehead atoms. The molecule has 1 saturated heterocycles. The van der Waals surface area contributed by atoms with E-state index in [0.717, 1.165) is 0 Å². The van der Waals surface area contributed by atoms with Crippen LogP contribution in [0.15, 0.2) is 77.9 Å². The van der Waals surface area contributed by atoms with Crippen molar-refractivity contribution in [3.63, 3.8) is 0 Å². The molecule has 1 aliphatic heterocycles. The van der Waals surface area contributed by atoms with Gasteiger partial charge in [0.1, 0.15) is 5.25 Å². The molecule has 11 heteroatoms. The number of nitro benzene ring substituents is 1.